The molecule has 17 heavy (non-hydrogen) atoms. The average molecular weight is 234 g/mol. The van der Waals surface area contributed by atoms with E-state index in [-0.39, 0.29) is 11.7 Å². The van der Waals surface area contributed by atoms with Gasteiger partial charge in [0.1, 0.15) is 5.52 Å². The molecule has 1 N–H and O–H groups in total. The predicted molar refractivity (Wildman–Crippen MR) is 63.4 cm³/mol. The van der Waals surface area contributed by atoms with Gasteiger partial charge in [-0.05, 0) is 31.9 Å². The van der Waals surface area contributed by atoms with Crippen LogP contribution in [0.2, 0.25) is 0 Å². The van der Waals surface area contributed by atoms with E-state index in [1.807, 2.05) is 0 Å². The van der Waals surface area contributed by atoms with Gasteiger partial charge in [-0.1, -0.05) is 6.07 Å². The van der Waals surface area contributed by atoms with Gasteiger partial charge in [0.2, 0.25) is 0 Å². The number of fused-ring (bicyclic) bond motifs is 1. The summed E-state index contributed by atoms with van der Waals surface area (Å²) >= 11 is 0. The third kappa shape index (κ3) is 1.93. The fraction of sp³-hybridized carbons (Fsp3) is 0.462. The van der Waals surface area contributed by atoms with Crippen LogP contribution < -0.4 is 5.32 Å². The average Bonchev–Trinajstić information content (AvgIpc) is 2.75. The summed E-state index contributed by atoms with van der Waals surface area (Å²) in [5.41, 5.74) is 0.889. The summed E-state index contributed by atoms with van der Waals surface area (Å²) < 4.78 is 19.1. The molecule has 2 atom stereocenters. The minimum atomic E-state index is -0.311. The van der Waals surface area contributed by atoms with Crippen LogP contribution in [-0.4, -0.2) is 17.6 Å². The van der Waals surface area contributed by atoms with Gasteiger partial charge in [0, 0.05) is 18.5 Å². The lowest BCUT2D eigenvalue weighted by molar-refractivity contribution is 0.342. The van der Waals surface area contributed by atoms with Crippen LogP contribution in [0.3, 0.4) is 0 Å². The Morgan fingerprint density at radius 1 is 1.41 bits per heavy atom. The number of hydrogen-bond donors (Lipinski definition) is 1. The van der Waals surface area contributed by atoms with Crippen molar-refractivity contribution in [3.63, 3.8) is 0 Å². The molecule has 0 spiro atoms. The number of oxazole rings is 1. The summed E-state index contributed by atoms with van der Waals surface area (Å²) in [7, 11) is 0. The van der Waals surface area contributed by atoms with Gasteiger partial charge in [-0.2, -0.15) is 0 Å². The molecule has 0 aliphatic carbocycles. The fourth-order valence-electron chi connectivity index (χ4n) is 2.32. The highest BCUT2D eigenvalue weighted by Gasteiger charge is 2.24. The molecule has 1 fully saturated rings. The molecule has 0 radical (unpaired) electrons. The number of nitrogens with one attached hydrogen (secondary N) is 1. The van der Waals surface area contributed by atoms with Gasteiger partial charge in [0.25, 0.3) is 0 Å². The zero-order valence-electron chi connectivity index (χ0n) is 9.74. The number of para-hydroxylation sites is 1. The highest BCUT2D eigenvalue weighted by Crippen LogP contribution is 2.28. The van der Waals surface area contributed by atoms with Gasteiger partial charge in [-0.15, -0.1) is 0 Å². The van der Waals surface area contributed by atoms with Crippen LogP contribution in [0.1, 0.15) is 31.6 Å². The molecule has 3 nitrogen and oxygen atoms in total. The third-order valence-corrected chi connectivity index (χ3v) is 3.40. The van der Waals surface area contributed by atoms with Gasteiger partial charge < -0.3 is 9.73 Å². The quantitative estimate of drug-likeness (QED) is 0.824. The first-order valence-electron chi connectivity index (χ1n) is 6.02. The lowest BCUT2D eigenvalue weighted by Gasteiger charge is -2.25. The van der Waals surface area contributed by atoms with Crippen LogP contribution >= 0.6 is 0 Å². The first kappa shape index (κ1) is 10.7. The molecule has 0 saturated carbocycles. The number of piperidine rings is 1. The van der Waals surface area contributed by atoms with E-state index < -0.39 is 0 Å². The van der Waals surface area contributed by atoms with E-state index in [0.717, 1.165) is 19.4 Å². The Balaban J connectivity index is 1.93. The van der Waals surface area contributed by atoms with Gasteiger partial charge >= 0.3 is 0 Å². The third-order valence-electron chi connectivity index (χ3n) is 3.40. The Morgan fingerprint density at radius 2 is 2.29 bits per heavy atom. The molecule has 1 aromatic carbocycles. The zero-order chi connectivity index (χ0) is 11.8. The van der Waals surface area contributed by atoms with E-state index in [1.54, 1.807) is 12.1 Å². The maximum absolute atomic E-state index is 13.5. The van der Waals surface area contributed by atoms with Crippen LogP contribution in [0, 0.1) is 5.82 Å². The predicted octanol–water partition coefficient (Wildman–Crippen LogP) is 2.82. The van der Waals surface area contributed by atoms with Crippen LogP contribution in [0.25, 0.3) is 11.1 Å². The molecular formula is C13H15FN2O. The summed E-state index contributed by atoms with van der Waals surface area (Å²) in [5.74, 6) is 0.608. The largest absolute Gasteiger partial charge is 0.440 e. The molecule has 1 saturated heterocycles. The van der Waals surface area contributed by atoms with E-state index in [9.17, 15) is 4.39 Å². The van der Waals surface area contributed by atoms with Crippen LogP contribution in [0.4, 0.5) is 4.39 Å². The highest BCUT2D eigenvalue weighted by molar-refractivity contribution is 5.73. The minimum absolute atomic E-state index is 0.262. The Bertz CT molecular complexity index is 529. The van der Waals surface area contributed by atoms with Crippen molar-refractivity contribution in [2.45, 2.75) is 31.7 Å². The summed E-state index contributed by atoms with van der Waals surface area (Å²) in [5, 5.41) is 3.40. The van der Waals surface area contributed by atoms with Gasteiger partial charge in [0.05, 0.1) is 0 Å². The maximum atomic E-state index is 13.5. The monoisotopic (exact) mass is 234 g/mol. The standard InChI is InChI=1S/C13H15FN2O/c1-8-5-6-9(7-15-8)13-16-12-10(14)3-2-4-11(12)17-13/h2-4,8-9,15H,5-7H2,1H3/t8-,9-/m1/s1. The fourth-order valence-corrected chi connectivity index (χ4v) is 2.32. The number of halogens is 1. The van der Waals surface area contributed by atoms with E-state index >= 15 is 0 Å². The molecule has 1 aromatic heterocycles. The Hall–Kier alpha value is -1.42. The molecule has 0 unspecified atom stereocenters. The maximum Gasteiger partial charge on any atom is 0.199 e. The highest BCUT2D eigenvalue weighted by atomic mass is 19.1. The smallest absolute Gasteiger partial charge is 0.199 e. The van der Waals surface area contributed by atoms with Crippen LogP contribution in [0.15, 0.2) is 22.6 Å². The molecular weight excluding hydrogens is 219 g/mol. The molecule has 1 aliphatic rings. The summed E-state index contributed by atoms with van der Waals surface area (Å²) in [4.78, 5) is 4.28. The van der Waals surface area contributed by atoms with E-state index in [0.29, 0.717) is 23.0 Å². The molecule has 2 heterocycles. The Kier molecular flexibility index (Phi) is 2.59. The van der Waals surface area contributed by atoms with Crippen molar-refractivity contribution in [3.8, 4) is 0 Å². The Labute approximate surface area is 99.0 Å². The number of benzene rings is 1. The molecule has 4 heteroatoms. The van der Waals surface area contributed by atoms with Crippen LogP contribution in [0.5, 0.6) is 0 Å². The molecule has 3 rings (SSSR count). The van der Waals surface area contributed by atoms with Gasteiger partial charge in [0.15, 0.2) is 17.3 Å². The molecule has 0 bridgehead atoms. The molecule has 2 aromatic rings. The lowest BCUT2D eigenvalue weighted by Crippen LogP contribution is -2.35. The van der Waals surface area contributed by atoms with Crippen molar-refractivity contribution in [3.05, 3.63) is 29.9 Å². The molecule has 1 aliphatic heterocycles. The topological polar surface area (TPSA) is 38.1 Å². The van der Waals surface area contributed by atoms with E-state index in [2.05, 4.69) is 17.2 Å². The SMILES string of the molecule is C[C@@H]1CC[C@@H](c2nc3c(F)cccc3o2)CN1. The Morgan fingerprint density at radius 3 is 3.00 bits per heavy atom. The summed E-state index contributed by atoms with van der Waals surface area (Å²) in [6, 6.07) is 5.37. The summed E-state index contributed by atoms with van der Waals surface area (Å²) in [6.07, 6.45) is 2.15. The van der Waals surface area contributed by atoms with Gasteiger partial charge in [-0.3, -0.25) is 0 Å². The number of rotatable bonds is 1. The normalized spacial score (nSPS) is 25.3. The van der Waals surface area contributed by atoms with Crippen molar-refractivity contribution in [2.24, 2.45) is 0 Å². The molecule has 90 valence electrons. The van der Waals surface area contributed by atoms with Crippen molar-refractivity contribution in [1.29, 1.82) is 0 Å². The first-order valence-corrected chi connectivity index (χ1v) is 6.02. The minimum Gasteiger partial charge on any atom is -0.440 e. The zero-order valence-corrected chi connectivity index (χ0v) is 9.74. The van der Waals surface area contributed by atoms with E-state index in [4.69, 9.17) is 4.42 Å². The lowest BCUT2D eigenvalue weighted by atomic mass is 9.95. The van der Waals surface area contributed by atoms with Crippen molar-refractivity contribution < 1.29 is 8.81 Å². The first-order chi connectivity index (χ1) is 8.24. The summed E-state index contributed by atoms with van der Waals surface area (Å²) in [6.45, 7) is 3.03. The second-order valence-electron chi connectivity index (χ2n) is 4.72. The molecule has 0 amide bonds. The second-order valence-corrected chi connectivity index (χ2v) is 4.72. The van der Waals surface area contributed by atoms with Crippen LogP contribution in [-0.2, 0) is 0 Å². The number of hydrogen-bond acceptors (Lipinski definition) is 3. The van der Waals surface area contributed by atoms with Crippen molar-refractivity contribution in [2.75, 3.05) is 6.54 Å². The van der Waals surface area contributed by atoms with Gasteiger partial charge in [-0.25, -0.2) is 9.37 Å². The number of aromatic nitrogens is 1. The van der Waals surface area contributed by atoms with E-state index in [1.165, 1.54) is 6.07 Å². The van der Waals surface area contributed by atoms with Crippen molar-refractivity contribution >= 4 is 11.1 Å². The van der Waals surface area contributed by atoms with Crippen molar-refractivity contribution in [1.82, 2.24) is 10.3 Å². The second kappa shape index (κ2) is 4.11. The number of nitrogens with zero attached hydrogens (tertiary/aromatic N) is 1.